The molecule has 0 aliphatic heterocycles. The van der Waals surface area contributed by atoms with Crippen LogP contribution in [0.3, 0.4) is 0 Å². The molecule has 1 aliphatic carbocycles. The molecular weight excluding hydrogens is 270 g/mol. The van der Waals surface area contributed by atoms with Crippen molar-refractivity contribution in [2.75, 3.05) is 13.1 Å². The van der Waals surface area contributed by atoms with Crippen molar-refractivity contribution in [3.05, 3.63) is 34.3 Å². The van der Waals surface area contributed by atoms with Gasteiger partial charge in [-0.05, 0) is 43.0 Å². The van der Waals surface area contributed by atoms with Gasteiger partial charge < -0.3 is 10.6 Å². The molecule has 0 bridgehead atoms. The summed E-state index contributed by atoms with van der Waals surface area (Å²) in [5.74, 6) is 0. The maximum atomic E-state index is 12.0. The Hall–Kier alpha value is -0.710. The summed E-state index contributed by atoms with van der Waals surface area (Å²) in [5, 5.41) is 6.91. The average molecular weight is 289 g/mol. The summed E-state index contributed by atoms with van der Waals surface area (Å²) >= 11 is 6.15. The molecule has 0 atom stereocenters. The lowest BCUT2D eigenvalue weighted by atomic mass is 10.1. The van der Waals surface area contributed by atoms with Crippen LogP contribution in [0.5, 0.6) is 0 Å². The van der Waals surface area contributed by atoms with Crippen molar-refractivity contribution in [1.29, 1.82) is 0 Å². The summed E-state index contributed by atoms with van der Waals surface area (Å²) in [6, 6.07) is 6.54. The highest BCUT2D eigenvalue weighted by Crippen LogP contribution is 2.22. The van der Waals surface area contributed by atoms with Gasteiger partial charge in [-0.15, -0.1) is 0 Å². The summed E-state index contributed by atoms with van der Waals surface area (Å²) in [4.78, 5) is 0. The Morgan fingerprint density at radius 3 is 2.79 bits per heavy atom. The minimum atomic E-state index is -2.29. The van der Waals surface area contributed by atoms with Crippen molar-refractivity contribution in [1.82, 2.24) is 10.6 Å². The van der Waals surface area contributed by atoms with E-state index in [1.807, 2.05) is 12.1 Å². The van der Waals surface area contributed by atoms with Crippen LogP contribution in [-0.4, -0.2) is 25.6 Å². The van der Waals surface area contributed by atoms with E-state index in [2.05, 4.69) is 16.7 Å². The van der Waals surface area contributed by atoms with E-state index < -0.39 is 6.43 Å². The maximum absolute atomic E-state index is 12.0. The first-order valence-corrected chi connectivity index (χ1v) is 7.02. The topological polar surface area (TPSA) is 24.1 Å². The molecule has 2 N–H and O–H groups in total. The van der Waals surface area contributed by atoms with E-state index >= 15 is 0 Å². The van der Waals surface area contributed by atoms with Gasteiger partial charge in [0, 0.05) is 17.6 Å². The smallest absolute Gasteiger partial charge is 0.250 e. The zero-order valence-corrected chi connectivity index (χ0v) is 11.5. The fourth-order valence-electron chi connectivity index (χ4n) is 1.90. The minimum Gasteiger partial charge on any atom is -0.311 e. The van der Waals surface area contributed by atoms with Gasteiger partial charge in [-0.25, -0.2) is 8.78 Å². The third-order valence-corrected chi connectivity index (χ3v) is 3.53. The second-order valence-corrected chi connectivity index (χ2v) is 5.33. The van der Waals surface area contributed by atoms with E-state index in [1.165, 1.54) is 12.8 Å². The van der Waals surface area contributed by atoms with E-state index in [4.69, 9.17) is 11.6 Å². The number of rotatable bonds is 8. The number of hydrogen-bond acceptors (Lipinski definition) is 2. The van der Waals surface area contributed by atoms with Crippen LogP contribution >= 0.6 is 11.6 Å². The second kappa shape index (κ2) is 7.17. The largest absolute Gasteiger partial charge is 0.311 e. The first-order chi connectivity index (χ1) is 9.15. The molecule has 5 heteroatoms. The fraction of sp³-hybridized carbons (Fsp3) is 0.571. The normalized spacial score (nSPS) is 15.2. The molecule has 0 spiro atoms. The van der Waals surface area contributed by atoms with Crippen LogP contribution in [0.2, 0.25) is 5.02 Å². The lowest BCUT2D eigenvalue weighted by molar-refractivity contribution is 0.146. The fourth-order valence-corrected chi connectivity index (χ4v) is 2.09. The molecule has 0 saturated heterocycles. The van der Waals surface area contributed by atoms with Gasteiger partial charge >= 0.3 is 0 Å². The first-order valence-electron chi connectivity index (χ1n) is 6.64. The summed E-state index contributed by atoms with van der Waals surface area (Å²) in [7, 11) is 0. The van der Waals surface area contributed by atoms with Crippen molar-refractivity contribution in [2.24, 2.45) is 0 Å². The molecule has 1 aromatic carbocycles. The van der Waals surface area contributed by atoms with E-state index in [1.54, 1.807) is 0 Å². The van der Waals surface area contributed by atoms with Crippen LogP contribution in [0, 0.1) is 0 Å². The standard InChI is InChI=1S/C14H19ClF2N2/c15-13-4-1-10(5-6-18-9-14(16)17)7-11(13)8-19-12-2-3-12/h1,4,7,12,14,18-19H,2-3,5-6,8-9H2. The Morgan fingerprint density at radius 2 is 2.11 bits per heavy atom. The highest BCUT2D eigenvalue weighted by Gasteiger charge is 2.20. The zero-order valence-electron chi connectivity index (χ0n) is 10.8. The Labute approximate surface area is 117 Å². The predicted molar refractivity (Wildman–Crippen MR) is 73.9 cm³/mol. The van der Waals surface area contributed by atoms with Crippen LogP contribution in [0.1, 0.15) is 24.0 Å². The SMILES string of the molecule is FC(F)CNCCc1ccc(Cl)c(CNC2CC2)c1. The van der Waals surface area contributed by atoms with E-state index in [9.17, 15) is 8.78 Å². The molecule has 1 saturated carbocycles. The van der Waals surface area contributed by atoms with Crippen molar-refractivity contribution < 1.29 is 8.78 Å². The third-order valence-electron chi connectivity index (χ3n) is 3.16. The van der Waals surface area contributed by atoms with Gasteiger partial charge in [-0.3, -0.25) is 0 Å². The Morgan fingerprint density at radius 1 is 1.32 bits per heavy atom. The number of alkyl halides is 2. The van der Waals surface area contributed by atoms with E-state index in [0.717, 1.165) is 29.1 Å². The number of hydrogen-bond donors (Lipinski definition) is 2. The quantitative estimate of drug-likeness (QED) is 0.719. The van der Waals surface area contributed by atoms with Crippen molar-refractivity contribution >= 4 is 11.6 Å². The summed E-state index contributed by atoms with van der Waals surface area (Å²) in [6.45, 7) is 1.09. The van der Waals surface area contributed by atoms with Gasteiger partial charge in [0.25, 0.3) is 6.43 Å². The molecule has 1 aromatic rings. The molecule has 1 aliphatic rings. The molecule has 2 rings (SSSR count). The van der Waals surface area contributed by atoms with Crippen LogP contribution < -0.4 is 10.6 Å². The minimum absolute atomic E-state index is 0.246. The molecule has 0 aromatic heterocycles. The highest BCUT2D eigenvalue weighted by atomic mass is 35.5. The molecule has 0 amide bonds. The molecule has 1 fully saturated rings. The van der Waals surface area contributed by atoms with Crippen LogP contribution in [-0.2, 0) is 13.0 Å². The van der Waals surface area contributed by atoms with Gasteiger partial charge in [-0.1, -0.05) is 23.7 Å². The van der Waals surface area contributed by atoms with Gasteiger partial charge in [0.1, 0.15) is 0 Å². The van der Waals surface area contributed by atoms with Crippen molar-refractivity contribution in [2.45, 2.75) is 38.3 Å². The summed E-state index contributed by atoms with van der Waals surface area (Å²) < 4.78 is 23.9. The van der Waals surface area contributed by atoms with Crippen molar-refractivity contribution in [3.63, 3.8) is 0 Å². The Kier molecular flexibility index (Phi) is 5.55. The molecule has 2 nitrogen and oxygen atoms in total. The summed E-state index contributed by atoms with van der Waals surface area (Å²) in [6.07, 6.45) is 0.938. The molecule has 106 valence electrons. The van der Waals surface area contributed by atoms with Gasteiger partial charge in [0.15, 0.2) is 0 Å². The molecule has 0 heterocycles. The molecule has 19 heavy (non-hydrogen) atoms. The van der Waals surface area contributed by atoms with Gasteiger partial charge in [0.05, 0.1) is 6.54 Å². The van der Waals surface area contributed by atoms with Gasteiger partial charge in [0.2, 0.25) is 0 Å². The predicted octanol–water partition coefficient (Wildman–Crippen LogP) is 2.99. The molecule has 0 unspecified atom stereocenters. The molecule has 0 radical (unpaired) electrons. The maximum Gasteiger partial charge on any atom is 0.250 e. The monoisotopic (exact) mass is 288 g/mol. The first kappa shape index (κ1) is 14.7. The third kappa shape index (κ3) is 5.43. The van der Waals surface area contributed by atoms with E-state index in [0.29, 0.717) is 12.6 Å². The molecular formula is C14H19ClF2N2. The number of halogens is 3. The Bertz CT molecular complexity index is 408. The zero-order chi connectivity index (χ0) is 13.7. The lowest BCUT2D eigenvalue weighted by Crippen LogP contribution is -2.23. The number of benzene rings is 1. The van der Waals surface area contributed by atoms with Crippen LogP contribution in [0.25, 0.3) is 0 Å². The highest BCUT2D eigenvalue weighted by molar-refractivity contribution is 6.31. The number of nitrogens with one attached hydrogen (secondary N) is 2. The Balaban J connectivity index is 1.80. The second-order valence-electron chi connectivity index (χ2n) is 4.93. The lowest BCUT2D eigenvalue weighted by Gasteiger charge is -2.09. The van der Waals surface area contributed by atoms with Crippen molar-refractivity contribution in [3.8, 4) is 0 Å². The summed E-state index contributed by atoms with van der Waals surface area (Å²) in [5.41, 5.74) is 2.21. The van der Waals surface area contributed by atoms with Crippen LogP contribution in [0.15, 0.2) is 18.2 Å². The van der Waals surface area contributed by atoms with Gasteiger partial charge in [-0.2, -0.15) is 0 Å². The van der Waals surface area contributed by atoms with Crippen LogP contribution in [0.4, 0.5) is 8.78 Å². The average Bonchev–Trinajstić information content (AvgIpc) is 3.18. The van der Waals surface area contributed by atoms with E-state index in [-0.39, 0.29) is 6.54 Å².